The molecular weight excluding hydrogens is 156 g/mol. The van der Waals surface area contributed by atoms with Crippen LogP contribution in [0.4, 0.5) is 0 Å². The monoisotopic (exact) mass is 172 g/mol. The Morgan fingerprint density at radius 3 is 2.83 bits per heavy atom. The molecule has 2 atom stereocenters. The van der Waals surface area contributed by atoms with Crippen LogP contribution in [0.3, 0.4) is 0 Å². The lowest BCUT2D eigenvalue weighted by atomic mass is 10.2. The Kier molecular flexibility index (Phi) is 3.05. The SMILES string of the molecule is C[C@H](NC1CCN(C)C1)C(=O)O. The van der Waals surface area contributed by atoms with Gasteiger partial charge in [0.1, 0.15) is 6.04 Å². The van der Waals surface area contributed by atoms with E-state index in [4.69, 9.17) is 5.11 Å². The average Bonchev–Trinajstić information content (AvgIpc) is 2.35. The molecule has 1 heterocycles. The van der Waals surface area contributed by atoms with Gasteiger partial charge in [-0.05, 0) is 26.9 Å². The summed E-state index contributed by atoms with van der Waals surface area (Å²) in [4.78, 5) is 12.7. The summed E-state index contributed by atoms with van der Waals surface area (Å²) in [6.45, 7) is 3.70. The van der Waals surface area contributed by atoms with Gasteiger partial charge >= 0.3 is 5.97 Å². The molecule has 0 amide bonds. The molecule has 1 aliphatic rings. The van der Waals surface area contributed by atoms with Crippen molar-refractivity contribution in [1.82, 2.24) is 10.2 Å². The van der Waals surface area contributed by atoms with Crippen LogP contribution in [0, 0.1) is 0 Å². The van der Waals surface area contributed by atoms with Crippen molar-refractivity contribution in [3.05, 3.63) is 0 Å². The van der Waals surface area contributed by atoms with Crippen molar-refractivity contribution < 1.29 is 9.90 Å². The number of hydrogen-bond donors (Lipinski definition) is 2. The zero-order chi connectivity index (χ0) is 9.14. The molecule has 0 aromatic heterocycles. The van der Waals surface area contributed by atoms with E-state index in [0.717, 1.165) is 19.5 Å². The molecule has 0 saturated carbocycles. The summed E-state index contributed by atoms with van der Waals surface area (Å²) in [6, 6.07) is -0.0809. The van der Waals surface area contributed by atoms with Gasteiger partial charge in [-0.25, -0.2) is 0 Å². The highest BCUT2D eigenvalue weighted by Crippen LogP contribution is 2.06. The van der Waals surface area contributed by atoms with Gasteiger partial charge in [0.15, 0.2) is 0 Å². The van der Waals surface area contributed by atoms with E-state index in [-0.39, 0.29) is 0 Å². The number of carboxylic acids is 1. The summed E-state index contributed by atoms with van der Waals surface area (Å²) in [7, 11) is 2.05. The van der Waals surface area contributed by atoms with E-state index in [1.54, 1.807) is 6.92 Å². The van der Waals surface area contributed by atoms with E-state index in [1.165, 1.54) is 0 Å². The topological polar surface area (TPSA) is 52.6 Å². The Labute approximate surface area is 72.6 Å². The summed E-state index contributed by atoms with van der Waals surface area (Å²) >= 11 is 0. The summed E-state index contributed by atoms with van der Waals surface area (Å²) in [5.41, 5.74) is 0. The van der Waals surface area contributed by atoms with Gasteiger partial charge in [-0.15, -0.1) is 0 Å². The second-order valence-corrected chi connectivity index (χ2v) is 3.47. The fourth-order valence-corrected chi connectivity index (χ4v) is 1.50. The Morgan fingerprint density at radius 1 is 1.75 bits per heavy atom. The average molecular weight is 172 g/mol. The summed E-state index contributed by atoms with van der Waals surface area (Å²) in [5.74, 6) is -0.774. The minimum absolute atomic E-state index is 0.348. The molecule has 0 bridgehead atoms. The molecule has 1 rings (SSSR count). The number of likely N-dealkylation sites (tertiary alicyclic amines) is 1. The van der Waals surface area contributed by atoms with Crippen molar-refractivity contribution in [2.75, 3.05) is 20.1 Å². The quantitative estimate of drug-likeness (QED) is 0.616. The second-order valence-electron chi connectivity index (χ2n) is 3.47. The van der Waals surface area contributed by atoms with E-state index in [1.807, 2.05) is 7.05 Å². The molecule has 4 nitrogen and oxygen atoms in total. The Bertz CT molecular complexity index is 172. The largest absolute Gasteiger partial charge is 0.480 e. The highest BCUT2D eigenvalue weighted by Gasteiger charge is 2.22. The number of hydrogen-bond acceptors (Lipinski definition) is 3. The number of carboxylic acid groups (broad SMARTS) is 1. The number of nitrogens with one attached hydrogen (secondary N) is 1. The Hall–Kier alpha value is -0.610. The van der Waals surface area contributed by atoms with E-state index >= 15 is 0 Å². The third kappa shape index (κ3) is 2.46. The molecule has 2 N–H and O–H groups in total. The standard InChI is InChI=1S/C8H16N2O2/c1-6(8(11)12)9-7-3-4-10(2)5-7/h6-7,9H,3-5H2,1-2H3,(H,11,12)/t6-,7?/m0/s1. The van der Waals surface area contributed by atoms with Crippen LogP contribution in [0.5, 0.6) is 0 Å². The molecule has 0 aliphatic carbocycles. The third-order valence-electron chi connectivity index (χ3n) is 2.25. The fourth-order valence-electron chi connectivity index (χ4n) is 1.50. The molecule has 12 heavy (non-hydrogen) atoms. The number of carbonyl (C=O) groups is 1. The van der Waals surface area contributed by atoms with Gasteiger partial charge in [0.05, 0.1) is 0 Å². The zero-order valence-electron chi connectivity index (χ0n) is 7.58. The first-order chi connectivity index (χ1) is 5.59. The third-order valence-corrected chi connectivity index (χ3v) is 2.25. The van der Waals surface area contributed by atoms with Crippen LogP contribution in [-0.4, -0.2) is 48.2 Å². The van der Waals surface area contributed by atoms with Crippen LogP contribution in [-0.2, 0) is 4.79 Å². The van der Waals surface area contributed by atoms with Gasteiger partial charge in [0.2, 0.25) is 0 Å². The van der Waals surface area contributed by atoms with Crippen molar-refractivity contribution in [2.45, 2.75) is 25.4 Å². The summed E-state index contributed by atoms with van der Waals surface area (Å²) < 4.78 is 0. The smallest absolute Gasteiger partial charge is 0.320 e. The molecule has 70 valence electrons. The van der Waals surface area contributed by atoms with Crippen molar-refractivity contribution >= 4 is 5.97 Å². The highest BCUT2D eigenvalue weighted by molar-refractivity contribution is 5.72. The van der Waals surface area contributed by atoms with Crippen molar-refractivity contribution in [3.8, 4) is 0 Å². The van der Waals surface area contributed by atoms with Crippen LogP contribution < -0.4 is 5.32 Å². The molecular formula is C8H16N2O2. The van der Waals surface area contributed by atoms with Crippen LogP contribution >= 0.6 is 0 Å². The van der Waals surface area contributed by atoms with Crippen LogP contribution in [0.1, 0.15) is 13.3 Å². The van der Waals surface area contributed by atoms with Crippen molar-refractivity contribution in [2.24, 2.45) is 0 Å². The number of aliphatic carboxylic acids is 1. The van der Waals surface area contributed by atoms with Gasteiger partial charge in [0.25, 0.3) is 0 Å². The molecule has 4 heteroatoms. The normalized spacial score (nSPS) is 27.3. The lowest BCUT2D eigenvalue weighted by Gasteiger charge is -2.15. The van der Waals surface area contributed by atoms with E-state index in [2.05, 4.69) is 10.2 Å². The fraction of sp³-hybridized carbons (Fsp3) is 0.875. The molecule has 0 aromatic carbocycles. The Morgan fingerprint density at radius 2 is 2.42 bits per heavy atom. The highest BCUT2D eigenvalue weighted by atomic mass is 16.4. The lowest BCUT2D eigenvalue weighted by Crippen LogP contribution is -2.42. The molecule has 1 fully saturated rings. The van der Waals surface area contributed by atoms with E-state index < -0.39 is 12.0 Å². The molecule has 1 aliphatic heterocycles. The first kappa shape index (κ1) is 9.48. The number of nitrogens with zero attached hydrogens (tertiary/aromatic N) is 1. The second kappa shape index (κ2) is 3.87. The first-order valence-electron chi connectivity index (χ1n) is 4.27. The molecule has 0 radical (unpaired) electrons. The maximum Gasteiger partial charge on any atom is 0.320 e. The minimum atomic E-state index is -0.774. The van der Waals surface area contributed by atoms with Crippen molar-refractivity contribution in [1.29, 1.82) is 0 Å². The maximum atomic E-state index is 10.5. The van der Waals surface area contributed by atoms with Crippen LogP contribution in [0.25, 0.3) is 0 Å². The van der Waals surface area contributed by atoms with Gasteiger partial charge in [-0.1, -0.05) is 0 Å². The van der Waals surface area contributed by atoms with Crippen molar-refractivity contribution in [3.63, 3.8) is 0 Å². The van der Waals surface area contributed by atoms with Gasteiger partial charge in [-0.2, -0.15) is 0 Å². The van der Waals surface area contributed by atoms with Gasteiger partial charge in [-0.3, -0.25) is 4.79 Å². The summed E-state index contributed by atoms with van der Waals surface area (Å²) in [5, 5.41) is 11.7. The van der Waals surface area contributed by atoms with Gasteiger partial charge < -0.3 is 15.3 Å². The Balaban J connectivity index is 2.27. The molecule has 0 spiro atoms. The number of rotatable bonds is 3. The summed E-state index contributed by atoms with van der Waals surface area (Å²) in [6.07, 6.45) is 1.05. The predicted octanol–water partition coefficient (Wildman–Crippen LogP) is -0.247. The number of likely N-dealkylation sites (N-methyl/N-ethyl adjacent to an activating group) is 1. The molecule has 0 aromatic rings. The van der Waals surface area contributed by atoms with Crippen LogP contribution in [0.15, 0.2) is 0 Å². The first-order valence-corrected chi connectivity index (χ1v) is 4.27. The molecule has 1 unspecified atom stereocenters. The zero-order valence-corrected chi connectivity index (χ0v) is 7.58. The van der Waals surface area contributed by atoms with E-state index in [0.29, 0.717) is 6.04 Å². The molecule has 1 saturated heterocycles. The van der Waals surface area contributed by atoms with Gasteiger partial charge in [0, 0.05) is 12.6 Å². The minimum Gasteiger partial charge on any atom is -0.480 e. The van der Waals surface area contributed by atoms with E-state index in [9.17, 15) is 4.79 Å². The maximum absolute atomic E-state index is 10.5. The lowest BCUT2D eigenvalue weighted by molar-refractivity contribution is -0.139. The predicted molar refractivity (Wildman–Crippen MR) is 46.1 cm³/mol. The van der Waals surface area contributed by atoms with Crippen LogP contribution in [0.2, 0.25) is 0 Å².